The Kier molecular flexibility index (Phi) is 4.20. The fraction of sp³-hybridized carbons (Fsp3) is 0.250. The molecule has 1 unspecified atom stereocenters. The Bertz CT molecular complexity index is 788. The molecule has 5 nitrogen and oxygen atoms in total. The molecule has 3 rings (SSSR count). The maximum absolute atomic E-state index is 13.8. The molecule has 120 valence electrons. The van der Waals surface area contributed by atoms with E-state index in [9.17, 15) is 8.78 Å². The predicted octanol–water partition coefficient (Wildman–Crippen LogP) is 2.73. The van der Waals surface area contributed by atoms with Crippen LogP contribution in [0.5, 0.6) is 0 Å². The van der Waals surface area contributed by atoms with Gasteiger partial charge in [-0.3, -0.25) is 4.68 Å². The summed E-state index contributed by atoms with van der Waals surface area (Å²) in [5.41, 5.74) is 1.44. The Morgan fingerprint density at radius 2 is 1.83 bits per heavy atom. The van der Waals surface area contributed by atoms with Crippen molar-refractivity contribution in [1.82, 2.24) is 24.9 Å². The van der Waals surface area contributed by atoms with Crippen molar-refractivity contribution in [2.24, 2.45) is 7.05 Å². The highest BCUT2D eigenvalue weighted by Gasteiger charge is 2.13. The highest BCUT2D eigenvalue weighted by molar-refractivity contribution is 5.34. The molecular formula is C16H17F2N5. The minimum absolute atomic E-state index is 0.0477. The van der Waals surface area contributed by atoms with Gasteiger partial charge in [-0.25, -0.2) is 13.5 Å². The number of hydrogen-bond acceptors (Lipinski definition) is 3. The molecular weight excluding hydrogens is 300 g/mol. The third-order valence-corrected chi connectivity index (χ3v) is 3.58. The lowest BCUT2D eigenvalue weighted by atomic mass is 10.2. The van der Waals surface area contributed by atoms with Gasteiger partial charge in [-0.15, -0.1) is 0 Å². The molecule has 1 atom stereocenters. The third-order valence-electron chi connectivity index (χ3n) is 3.58. The molecule has 0 aliphatic rings. The monoisotopic (exact) mass is 317 g/mol. The van der Waals surface area contributed by atoms with E-state index in [1.54, 1.807) is 16.9 Å². The molecule has 1 aromatic carbocycles. The van der Waals surface area contributed by atoms with Gasteiger partial charge in [0.1, 0.15) is 5.69 Å². The fourth-order valence-corrected chi connectivity index (χ4v) is 2.31. The van der Waals surface area contributed by atoms with Gasteiger partial charge < -0.3 is 5.32 Å². The molecule has 0 amide bonds. The van der Waals surface area contributed by atoms with Crippen LogP contribution in [0.3, 0.4) is 0 Å². The molecule has 3 aromatic rings. The van der Waals surface area contributed by atoms with Gasteiger partial charge >= 0.3 is 0 Å². The first kappa shape index (κ1) is 15.4. The van der Waals surface area contributed by atoms with Crippen molar-refractivity contribution in [3.8, 4) is 5.69 Å². The molecule has 0 saturated carbocycles. The Hall–Kier alpha value is -2.54. The number of benzene rings is 1. The average molecular weight is 317 g/mol. The number of aryl methyl sites for hydroxylation is 1. The second kappa shape index (κ2) is 6.29. The lowest BCUT2D eigenvalue weighted by molar-refractivity contribution is 0.537. The van der Waals surface area contributed by atoms with E-state index in [0.29, 0.717) is 12.2 Å². The number of nitrogens with one attached hydrogen (secondary N) is 1. The summed E-state index contributed by atoms with van der Waals surface area (Å²) >= 11 is 0. The summed E-state index contributed by atoms with van der Waals surface area (Å²) < 4.78 is 30.5. The first-order chi connectivity index (χ1) is 11.0. The minimum atomic E-state index is -0.644. The zero-order valence-corrected chi connectivity index (χ0v) is 12.9. The summed E-state index contributed by atoms with van der Waals surface area (Å²) in [7, 11) is 1.86. The summed E-state index contributed by atoms with van der Waals surface area (Å²) in [6.45, 7) is 2.47. The summed E-state index contributed by atoms with van der Waals surface area (Å²) in [5, 5.41) is 11.8. The van der Waals surface area contributed by atoms with E-state index in [4.69, 9.17) is 0 Å². The molecule has 2 aromatic heterocycles. The van der Waals surface area contributed by atoms with Crippen LogP contribution in [0.1, 0.15) is 24.4 Å². The van der Waals surface area contributed by atoms with Crippen LogP contribution in [0, 0.1) is 11.6 Å². The number of nitrogens with zero attached hydrogens (tertiary/aromatic N) is 4. The zero-order valence-electron chi connectivity index (χ0n) is 12.9. The smallest absolute Gasteiger partial charge is 0.151 e. The van der Waals surface area contributed by atoms with Gasteiger partial charge in [0.2, 0.25) is 0 Å². The number of rotatable bonds is 5. The summed E-state index contributed by atoms with van der Waals surface area (Å²) in [6, 6.07) is 7.46. The zero-order chi connectivity index (χ0) is 16.4. The predicted molar refractivity (Wildman–Crippen MR) is 81.9 cm³/mol. The standard InChI is InChI=1S/C16H17F2N5/c1-11(15-7-8-22(2)21-15)19-10-12-6-9-23(20-12)16-13(17)4-3-5-14(16)18/h3-9,11,19H,10H2,1-2H3. The minimum Gasteiger partial charge on any atom is -0.303 e. The van der Waals surface area contributed by atoms with Crippen LogP contribution in [0.25, 0.3) is 5.69 Å². The van der Waals surface area contributed by atoms with Crippen molar-refractivity contribution in [1.29, 1.82) is 0 Å². The lowest BCUT2D eigenvalue weighted by Crippen LogP contribution is -2.19. The normalized spacial score (nSPS) is 12.5. The van der Waals surface area contributed by atoms with E-state index in [1.807, 2.05) is 26.2 Å². The molecule has 0 saturated heterocycles. The average Bonchev–Trinajstić information content (AvgIpc) is 3.14. The Balaban J connectivity index is 1.70. The SMILES string of the molecule is CC(NCc1ccn(-c2c(F)cccc2F)n1)c1ccn(C)n1. The second-order valence-corrected chi connectivity index (χ2v) is 5.34. The van der Waals surface area contributed by atoms with Gasteiger partial charge in [-0.1, -0.05) is 6.07 Å². The van der Waals surface area contributed by atoms with Crippen molar-refractivity contribution in [2.45, 2.75) is 19.5 Å². The lowest BCUT2D eigenvalue weighted by Gasteiger charge is -2.10. The molecule has 0 aliphatic heterocycles. The van der Waals surface area contributed by atoms with Gasteiger partial charge in [0, 0.05) is 32.0 Å². The molecule has 0 radical (unpaired) electrons. The van der Waals surface area contributed by atoms with Crippen molar-refractivity contribution >= 4 is 0 Å². The maximum Gasteiger partial charge on any atom is 0.151 e. The van der Waals surface area contributed by atoms with Gasteiger partial charge in [-0.05, 0) is 31.2 Å². The van der Waals surface area contributed by atoms with Crippen LogP contribution in [0.2, 0.25) is 0 Å². The van der Waals surface area contributed by atoms with Gasteiger partial charge in [0.15, 0.2) is 11.6 Å². The third kappa shape index (κ3) is 3.29. The largest absolute Gasteiger partial charge is 0.303 e. The van der Waals surface area contributed by atoms with E-state index in [0.717, 1.165) is 5.69 Å². The summed E-state index contributed by atoms with van der Waals surface area (Å²) in [6.07, 6.45) is 3.42. The van der Waals surface area contributed by atoms with E-state index in [-0.39, 0.29) is 11.7 Å². The topological polar surface area (TPSA) is 47.7 Å². The summed E-state index contributed by atoms with van der Waals surface area (Å²) in [4.78, 5) is 0. The molecule has 0 spiro atoms. The van der Waals surface area contributed by atoms with Crippen LogP contribution in [-0.4, -0.2) is 19.6 Å². The molecule has 0 bridgehead atoms. The molecule has 23 heavy (non-hydrogen) atoms. The Morgan fingerprint density at radius 3 is 2.48 bits per heavy atom. The van der Waals surface area contributed by atoms with Gasteiger partial charge in [-0.2, -0.15) is 10.2 Å². The van der Waals surface area contributed by atoms with Crippen LogP contribution in [0.15, 0.2) is 42.7 Å². The Labute approximate surface area is 132 Å². The van der Waals surface area contributed by atoms with Crippen LogP contribution < -0.4 is 5.32 Å². The van der Waals surface area contributed by atoms with E-state index in [2.05, 4.69) is 15.5 Å². The van der Waals surface area contributed by atoms with Crippen molar-refractivity contribution in [2.75, 3.05) is 0 Å². The van der Waals surface area contributed by atoms with E-state index < -0.39 is 11.6 Å². The van der Waals surface area contributed by atoms with Gasteiger partial charge in [0.25, 0.3) is 0 Å². The maximum atomic E-state index is 13.8. The highest BCUT2D eigenvalue weighted by atomic mass is 19.1. The second-order valence-electron chi connectivity index (χ2n) is 5.34. The molecule has 0 aliphatic carbocycles. The van der Waals surface area contributed by atoms with Crippen molar-refractivity contribution in [3.63, 3.8) is 0 Å². The molecule has 2 heterocycles. The van der Waals surface area contributed by atoms with E-state index >= 15 is 0 Å². The number of hydrogen-bond donors (Lipinski definition) is 1. The summed E-state index contributed by atoms with van der Waals surface area (Å²) in [5.74, 6) is -1.29. The van der Waals surface area contributed by atoms with E-state index in [1.165, 1.54) is 22.9 Å². The van der Waals surface area contributed by atoms with Crippen molar-refractivity contribution < 1.29 is 8.78 Å². The number of halogens is 2. The molecule has 7 heteroatoms. The van der Waals surface area contributed by atoms with Crippen LogP contribution in [0.4, 0.5) is 8.78 Å². The number of para-hydroxylation sites is 1. The number of aromatic nitrogens is 4. The fourth-order valence-electron chi connectivity index (χ4n) is 2.31. The first-order valence-electron chi connectivity index (χ1n) is 7.26. The Morgan fingerprint density at radius 1 is 1.09 bits per heavy atom. The quantitative estimate of drug-likeness (QED) is 0.787. The molecule has 0 fully saturated rings. The first-order valence-corrected chi connectivity index (χ1v) is 7.26. The van der Waals surface area contributed by atoms with Crippen LogP contribution in [-0.2, 0) is 13.6 Å². The molecule has 1 N–H and O–H groups in total. The van der Waals surface area contributed by atoms with Gasteiger partial charge in [0.05, 0.1) is 11.4 Å². The van der Waals surface area contributed by atoms with Crippen LogP contribution >= 0.6 is 0 Å². The highest BCUT2D eigenvalue weighted by Crippen LogP contribution is 2.17. The van der Waals surface area contributed by atoms with Crippen molar-refractivity contribution in [3.05, 3.63) is 65.7 Å².